The van der Waals surface area contributed by atoms with Crippen LogP contribution < -0.4 is 5.62 Å². The van der Waals surface area contributed by atoms with Gasteiger partial charge in [0.25, 0.3) is 0 Å². The summed E-state index contributed by atoms with van der Waals surface area (Å²) in [4.78, 5) is 3.78. The van der Waals surface area contributed by atoms with Gasteiger partial charge in [0.1, 0.15) is 5.62 Å². The SMILES string of the molecule is C=Cn1[c-]c(C)cnc1=N.CC.[Re]. The number of nitrogens with one attached hydrogen (secondary N) is 1. The maximum absolute atomic E-state index is 7.22. The Balaban J connectivity index is 0. The first-order valence-electron chi connectivity index (χ1n) is 3.88. The van der Waals surface area contributed by atoms with E-state index in [1.165, 1.54) is 10.8 Å². The monoisotopic (exact) mass is 351 g/mol. The molecule has 1 radical (unpaired) electrons. The fourth-order valence-corrected chi connectivity index (χ4v) is 0.624. The molecule has 0 aliphatic rings. The normalized spacial score (nSPS) is 7.62. The molecule has 0 saturated heterocycles. The van der Waals surface area contributed by atoms with Crippen molar-refractivity contribution < 1.29 is 20.4 Å². The molecule has 0 amide bonds. The zero-order chi connectivity index (χ0) is 9.56. The van der Waals surface area contributed by atoms with Crippen molar-refractivity contribution in [3.63, 3.8) is 0 Å². The minimum Gasteiger partial charge on any atom is -0.413 e. The van der Waals surface area contributed by atoms with E-state index in [9.17, 15) is 0 Å². The first-order chi connectivity index (χ1) is 5.74. The van der Waals surface area contributed by atoms with E-state index in [1.54, 1.807) is 6.20 Å². The van der Waals surface area contributed by atoms with Gasteiger partial charge in [0.2, 0.25) is 0 Å². The van der Waals surface area contributed by atoms with Gasteiger partial charge in [-0.1, -0.05) is 38.7 Å². The van der Waals surface area contributed by atoms with Crippen LogP contribution in [0.5, 0.6) is 0 Å². The Hall–Kier alpha value is -0.718. The standard InChI is InChI=1S/C7H8N3.C2H6.Re/c1-3-10-5-6(2)4-9-7(10)8;1-2;/h3-4,8H,1H2,2H3;1-2H3;/q-1;;. The molecule has 0 aliphatic carbocycles. The van der Waals surface area contributed by atoms with E-state index in [0.29, 0.717) is 0 Å². The number of aryl methyl sites for hydroxylation is 1. The quantitative estimate of drug-likeness (QED) is 0.768. The van der Waals surface area contributed by atoms with Crippen molar-refractivity contribution in [3.05, 3.63) is 30.2 Å². The molecule has 1 N–H and O–H groups in total. The molecule has 0 atom stereocenters. The Bertz CT molecular complexity index is 304. The van der Waals surface area contributed by atoms with Crippen LogP contribution in [0.4, 0.5) is 0 Å². The molecule has 0 saturated carbocycles. The van der Waals surface area contributed by atoms with E-state index >= 15 is 0 Å². The molecule has 1 aromatic heterocycles. The molecule has 0 unspecified atom stereocenters. The van der Waals surface area contributed by atoms with E-state index in [4.69, 9.17) is 5.41 Å². The van der Waals surface area contributed by atoms with Crippen molar-refractivity contribution >= 4 is 6.20 Å². The summed E-state index contributed by atoms with van der Waals surface area (Å²) in [7, 11) is 0. The fraction of sp³-hybridized carbons (Fsp3) is 0.333. The van der Waals surface area contributed by atoms with Crippen LogP contribution in [0.2, 0.25) is 0 Å². The second-order valence-corrected chi connectivity index (χ2v) is 1.93. The zero-order valence-corrected chi connectivity index (χ0v) is 10.9. The van der Waals surface area contributed by atoms with Crippen molar-refractivity contribution in [2.24, 2.45) is 0 Å². The van der Waals surface area contributed by atoms with Gasteiger partial charge in [-0.25, -0.2) is 0 Å². The maximum atomic E-state index is 7.22. The zero-order valence-electron chi connectivity index (χ0n) is 8.13. The van der Waals surface area contributed by atoms with E-state index in [-0.39, 0.29) is 26.0 Å². The number of rotatable bonds is 1. The van der Waals surface area contributed by atoms with Crippen molar-refractivity contribution in [1.82, 2.24) is 9.55 Å². The van der Waals surface area contributed by atoms with Crippen molar-refractivity contribution in [2.75, 3.05) is 0 Å². The molecule has 1 aromatic rings. The topological polar surface area (TPSA) is 41.7 Å². The molecular weight excluding hydrogens is 336 g/mol. The Kier molecular flexibility index (Phi) is 8.99. The molecule has 0 aliphatic heterocycles. The van der Waals surface area contributed by atoms with Crippen LogP contribution in [0, 0.1) is 18.5 Å². The van der Waals surface area contributed by atoms with Crippen molar-refractivity contribution in [1.29, 1.82) is 5.41 Å². The molecule has 13 heavy (non-hydrogen) atoms. The van der Waals surface area contributed by atoms with Crippen molar-refractivity contribution in [2.45, 2.75) is 20.8 Å². The van der Waals surface area contributed by atoms with Crippen molar-refractivity contribution in [3.8, 4) is 0 Å². The van der Waals surface area contributed by atoms with E-state index < -0.39 is 0 Å². The summed E-state index contributed by atoms with van der Waals surface area (Å²) in [5, 5.41) is 7.22. The van der Waals surface area contributed by atoms with Crippen LogP contribution >= 0.6 is 0 Å². The van der Waals surface area contributed by atoms with Crippen LogP contribution in [-0.4, -0.2) is 9.55 Å². The number of aromatic nitrogens is 2. The number of hydrogen-bond donors (Lipinski definition) is 1. The van der Waals surface area contributed by atoms with Crippen LogP contribution in [-0.2, 0) is 20.4 Å². The summed E-state index contributed by atoms with van der Waals surface area (Å²) < 4.78 is 1.44. The summed E-state index contributed by atoms with van der Waals surface area (Å²) >= 11 is 0. The molecule has 4 heteroatoms. The van der Waals surface area contributed by atoms with Gasteiger partial charge in [0, 0.05) is 20.4 Å². The van der Waals surface area contributed by atoms with Crippen LogP contribution in [0.15, 0.2) is 12.8 Å². The fourth-order valence-electron chi connectivity index (χ4n) is 0.624. The van der Waals surface area contributed by atoms with Gasteiger partial charge in [0.05, 0.1) is 0 Å². The third-order valence-corrected chi connectivity index (χ3v) is 1.09. The third kappa shape index (κ3) is 4.77. The molecule has 0 fully saturated rings. The largest absolute Gasteiger partial charge is 0.413 e. The van der Waals surface area contributed by atoms with Crippen LogP contribution in [0.3, 0.4) is 0 Å². The van der Waals surface area contributed by atoms with Gasteiger partial charge < -0.3 is 15.0 Å². The minimum absolute atomic E-state index is 0. The molecular formula is C9H14N3Re-. The molecule has 1 rings (SSSR count). The molecule has 3 nitrogen and oxygen atoms in total. The molecule has 0 spiro atoms. The second kappa shape index (κ2) is 7.91. The summed E-state index contributed by atoms with van der Waals surface area (Å²) in [6, 6.07) is 0. The molecule has 0 aromatic carbocycles. The van der Waals surface area contributed by atoms with Gasteiger partial charge in [-0.3, -0.25) is 0 Å². The molecule has 73 valence electrons. The van der Waals surface area contributed by atoms with Crippen LogP contribution in [0.25, 0.3) is 6.20 Å². The summed E-state index contributed by atoms with van der Waals surface area (Å²) in [5.74, 6) is 0. The predicted octanol–water partition coefficient (Wildman–Crippen LogP) is 1.60. The molecule has 1 heterocycles. The number of hydrogen-bond acceptors (Lipinski definition) is 2. The van der Waals surface area contributed by atoms with Gasteiger partial charge in [0.15, 0.2) is 0 Å². The Labute approximate surface area is 92.7 Å². The smallest absolute Gasteiger partial charge is 0.131 e. The average Bonchev–Trinajstić information content (AvgIpc) is 2.13. The van der Waals surface area contributed by atoms with E-state index in [2.05, 4.69) is 17.8 Å². The minimum atomic E-state index is 0. The van der Waals surface area contributed by atoms with Gasteiger partial charge in [-0.05, 0) is 6.20 Å². The maximum Gasteiger partial charge on any atom is 0.131 e. The summed E-state index contributed by atoms with van der Waals surface area (Å²) in [5.41, 5.74) is 1.05. The van der Waals surface area contributed by atoms with Gasteiger partial charge in [-0.15, -0.1) is 6.58 Å². The summed E-state index contributed by atoms with van der Waals surface area (Å²) in [6.45, 7) is 9.37. The van der Waals surface area contributed by atoms with Gasteiger partial charge >= 0.3 is 0 Å². The Morgan fingerprint density at radius 2 is 2.15 bits per heavy atom. The van der Waals surface area contributed by atoms with E-state index in [1.807, 2.05) is 20.8 Å². The summed E-state index contributed by atoms with van der Waals surface area (Å²) in [6.07, 6.45) is 5.98. The molecule has 0 bridgehead atoms. The first kappa shape index (κ1) is 14.8. The first-order valence-corrected chi connectivity index (χ1v) is 3.88. The Morgan fingerprint density at radius 3 is 2.54 bits per heavy atom. The van der Waals surface area contributed by atoms with E-state index in [0.717, 1.165) is 5.56 Å². The second-order valence-electron chi connectivity index (χ2n) is 1.93. The average molecular weight is 350 g/mol. The Morgan fingerprint density at radius 1 is 1.62 bits per heavy atom. The van der Waals surface area contributed by atoms with Crippen LogP contribution in [0.1, 0.15) is 19.4 Å². The third-order valence-electron chi connectivity index (χ3n) is 1.09. The van der Waals surface area contributed by atoms with Gasteiger partial charge in [-0.2, -0.15) is 0 Å². The predicted molar refractivity (Wildman–Crippen MR) is 49.4 cm³/mol. The number of nitrogens with zero attached hydrogens (tertiary/aromatic N) is 2.